The fourth-order valence-corrected chi connectivity index (χ4v) is 2.60. The molecule has 1 amide bonds. The summed E-state index contributed by atoms with van der Waals surface area (Å²) in [7, 11) is 0. The standard InChI is InChI=1S/C17H17ClN2O3.ClH/c1-4-23-17(22)12-5-7-13(8-6-12)20-16(21)15-11(3)19-10(2)9-14(15)18;/h5-9H,4H2,1-3H3,(H,20,21);1H. The number of anilines is 1. The minimum Gasteiger partial charge on any atom is -1.00 e. The molecule has 2 N–H and O–H groups in total. The van der Waals surface area contributed by atoms with Gasteiger partial charge in [-0.05, 0) is 31.2 Å². The molecule has 0 saturated heterocycles. The van der Waals surface area contributed by atoms with Crippen LogP contribution in [0.3, 0.4) is 0 Å². The predicted octanol–water partition coefficient (Wildman–Crippen LogP) is 0.204. The topological polar surface area (TPSA) is 69.5 Å². The average Bonchev–Trinajstić information content (AvgIpc) is 2.47. The molecule has 0 aliphatic heterocycles. The number of H-pyrrole nitrogens is 1. The summed E-state index contributed by atoms with van der Waals surface area (Å²) in [6, 6.07) is 8.19. The van der Waals surface area contributed by atoms with Crippen LogP contribution in [0.25, 0.3) is 0 Å². The van der Waals surface area contributed by atoms with Gasteiger partial charge in [-0.1, -0.05) is 11.6 Å². The summed E-state index contributed by atoms with van der Waals surface area (Å²) in [5, 5.41) is 3.15. The number of pyridine rings is 1. The molecule has 2 aromatic rings. The summed E-state index contributed by atoms with van der Waals surface area (Å²) in [6.45, 7) is 5.72. The smallest absolute Gasteiger partial charge is 0.338 e. The van der Waals surface area contributed by atoms with Gasteiger partial charge in [0.15, 0.2) is 11.4 Å². The number of halogens is 2. The highest BCUT2D eigenvalue weighted by Crippen LogP contribution is 2.19. The number of nitrogens with one attached hydrogen (secondary N) is 2. The number of aromatic amines is 1. The monoisotopic (exact) mass is 368 g/mol. The highest BCUT2D eigenvalue weighted by molar-refractivity contribution is 6.34. The van der Waals surface area contributed by atoms with E-state index in [1.54, 1.807) is 44.2 Å². The number of ether oxygens (including phenoxy) is 1. The largest absolute Gasteiger partial charge is 1.00 e. The number of benzene rings is 1. The molecule has 128 valence electrons. The first-order chi connectivity index (χ1) is 10.9. The molecule has 0 spiro atoms. The molecule has 0 radical (unpaired) electrons. The number of carbonyl (C=O) groups is 2. The molecule has 0 unspecified atom stereocenters. The quantitative estimate of drug-likeness (QED) is 0.784. The van der Waals surface area contributed by atoms with Gasteiger partial charge >= 0.3 is 5.97 Å². The zero-order valence-electron chi connectivity index (χ0n) is 13.6. The lowest BCUT2D eigenvalue weighted by Gasteiger charge is -2.08. The molecule has 0 atom stereocenters. The molecule has 1 aromatic heterocycles. The van der Waals surface area contributed by atoms with Crippen LogP contribution in [-0.2, 0) is 4.74 Å². The Kier molecular flexibility index (Phi) is 7.19. The Morgan fingerprint density at radius 2 is 1.83 bits per heavy atom. The first-order valence-electron chi connectivity index (χ1n) is 7.20. The highest BCUT2D eigenvalue weighted by atomic mass is 35.5. The lowest BCUT2D eigenvalue weighted by atomic mass is 10.1. The highest BCUT2D eigenvalue weighted by Gasteiger charge is 2.19. The maximum absolute atomic E-state index is 12.4. The minimum atomic E-state index is -0.391. The van der Waals surface area contributed by atoms with Crippen molar-refractivity contribution in [1.82, 2.24) is 0 Å². The number of amides is 1. The van der Waals surface area contributed by atoms with Crippen molar-refractivity contribution in [2.45, 2.75) is 20.8 Å². The Balaban J connectivity index is 0.00000288. The van der Waals surface area contributed by atoms with Gasteiger partial charge in [-0.25, -0.2) is 9.78 Å². The van der Waals surface area contributed by atoms with Crippen LogP contribution in [0.2, 0.25) is 5.02 Å². The molecule has 7 heteroatoms. The Morgan fingerprint density at radius 1 is 1.21 bits per heavy atom. The second kappa shape index (κ2) is 8.66. The average molecular weight is 369 g/mol. The van der Waals surface area contributed by atoms with Gasteiger partial charge in [0.2, 0.25) is 0 Å². The Bertz CT molecular complexity index is 723. The van der Waals surface area contributed by atoms with E-state index in [4.69, 9.17) is 16.3 Å². The maximum atomic E-state index is 12.4. The van der Waals surface area contributed by atoms with Crippen LogP contribution in [0.15, 0.2) is 30.3 Å². The second-order valence-electron chi connectivity index (χ2n) is 5.05. The first-order valence-corrected chi connectivity index (χ1v) is 7.57. The molecule has 0 fully saturated rings. The molecule has 1 aromatic carbocycles. The number of carbonyl (C=O) groups excluding carboxylic acids is 2. The van der Waals surface area contributed by atoms with Crippen molar-refractivity contribution in [2.24, 2.45) is 0 Å². The number of hydrogen-bond acceptors (Lipinski definition) is 3. The van der Waals surface area contributed by atoms with Crippen molar-refractivity contribution in [3.8, 4) is 0 Å². The van der Waals surface area contributed by atoms with Crippen LogP contribution in [0.1, 0.15) is 39.0 Å². The van der Waals surface area contributed by atoms with E-state index < -0.39 is 5.97 Å². The van der Waals surface area contributed by atoms with E-state index in [1.165, 1.54) is 0 Å². The van der Waals surface area contributed by atoms with Crippen molar-refractivity contribution in [1.29, 1.82) is 0 Å². The normalized spacial score (nSPS) is 9.83. The number of aryl methyl sites for hydroxylation is 2. The summed E-state index contributed by atoms with van der Waals surface area (Å²) < 4.78 is 4.91. The van der Waals surface area contributed by atoms with Crippen LogP contribution in [-0.4, -0.2) is 18.5 Å². The Hall–Kier alpha value is -2.11. The van der Waals surface area contributed by atoms with Crippen molar-refractivity contribution < 1.29 is 31.7 Å². The van der Waals surface area contributed by atoms with E-state index >= 15 is 0 Å². The van der Waals surface area contributed by atoms with Gasteiger partial charge in [-0.2, -0.15) is 0 Å². The first kappa shape index (κ1) is 19.9. The van der Waals surface area contributed by atoms with Crippen molar-refractivity contribution in [3.63, 3.8) is 0 Å². The van der Waals surface area contributed by atoms with E-state index in [2.05, 4.69) is 10.3 Å². The van der Waals surface area contributed by atoms with E-state index in [0.29, 0.717) is 34.1 Å². The second-order valence-corrected chi connectivity index (χ2v) is 5.46. The third kappa shape index (κ3) is 4.69. The van der Waals surface area contributed by atoms with Crippen LogP contribution in [0, 0.1) is 13.8 Å². The van der Waals surface area contributed by atoms with E-state index in [0.717, 1.165) is 5.69 Å². The van der Waals surface area contributed by atoms with Gasteiger partial charge in [0, 0.05) is 25.6 Å². The molecule has 0 aliphatic rings. The third-order valence-electron chi connectivity index (χ3n) is 3.22. The fraction of sp³-hybridized carbons (Fsp3) is 0.235. The summed E-state index contributed by atoms with van der Waals surface area (Å²) in [5.74, 6) is -0.704. The van der Waals surface area contributed by atoms with Gasteiger partial charge in [-0.3, -0.25) is 4.79 Å². The maximum Gasteiger partial charge on any atom is 0.338 e. The zero-order chi connectivity index (χ0) is 17.0. The van der Waals surface area contributed by atoms with Crippen LogP contribution >= 0.6 is 11.6 Å². The van der Waals surface area contributed by atoms with Crippen LogP contribution < -0.4 is 22.7 Å². The van der Waals surface area contributed by atoms with Gasteiger partial charge in [0.25, 0.3) is 5.91 Å². The molecule has 0 aliphatic carbocycles. The molecule has 2 rings (SSSR count). The van der Waals surface area contributed by atoms with E-state index in [1.807, 2.05) is 6.92 Å². The van der Waals surface area contributed by atoms with Crippen molar-refractivity contribution in [3.05, 3.63) is 57.9 Å². The lowest BCUT2D eigenvalue weighted by Crippen LogP contribution is -3.00. The van der Waals surface area contributed by atoms with Crippen molar-refractivity contribution >= 4 is 29.2 Å². The van der Waals surface area contributed by atoms with Crippen molar-refractivity contribution in [2.75, 3.05) is 11.9 Å². The van der Waals surface area contributed by atoms with E-state index in [-0.39, 0.29) is 18.3 Å². The number of esters is 1. The molecule has 0 bridgehead atoms. The molecular formula is C17H18Cl2N2O3. The molecule has 5 nitrogen and oxygen atoms in total. The number of hydrogen-bond donors (Lipinski definition) is 1. The minimum absolute atomic E-state index is 0. The van der Waals surface area contributed by atoms with Gasteiger partial charge in [-0.15, -0.1) is 0 Å². The molecular weight excluding hydrogens is 351 g/mol. The van der Waals surface area contributed by atoms with Gasteiger partial charge in [0.1, 0.15) is 5.56 Å². The van der Waals surface area contributed by atoms with Crippen LogP contribution in [0.5, 0.6) is 0 Å². The SMILES string of the molecule is CCOC(=O)c1ccc(NC(=O)c2c(Cl)cc(C)[nH+]c2C)cc1.[Cl-]. The number of rotatable bonds is 4. The van der Waals surface area contributed by atoms with E-state index in [9.17, 15) is 9.59 Å². The molecule has 24 heavy (non-hydrogen) atoms. The Labute approximate surface area is 151 Å². The third-order valence-corrected chi connectivity index (χ3v) is 3.52. The van der Waals surface area contributed by atoms with Gasteiger partial charge < -0.3 is 22.5 Å². The van der Waals surface area contributed by atoms with Crippen LogP contribution in [0.4, 0.5) is 5.69 Å². The predicted molar refractivity (Wildman–Crippen MR) is 87.8 cm³/mol. The Morgan fingerprint density at radius 3 is 2.38 bits per heavy atom. The summed E-state index contributed by atoms with van der Waals surface area (Å²) in [6.07, 6.45) is 0. The lowest BCUT2D eigenvalue weighted by molar-refractivity contribution is -0.397. The molecule has 0 saturated carbocycles. The zero-order valence-corrected chi connectivity index (χ0v) is 15.1. The summed E-state index contributed by atoms with van der Waals surface area (Å²) in [4.78, 5) is 27.0. The fourth-order valence-electron chi connectivity index (χ4n) is 2.21. The summed E-state index contributed by atoms with van der Waals surface area (Å²) in [5.41, 5.74) is 2.96. The van der Waals surface area contributed by atoms with Gasteiger partial charge in [0.05, 0.1) is 17.2 Å². The number of aromatic nitrogens is 1. The molecule has 1 heterocycles. The summed E-state index contributed by atoms with van der Waals surface area (Å²) >= 11 is 6.16.